The lowest BCUT2D eigenvalue weighted by Gasteiger charge is -2.26. The highest BCUT2D eigenvalue weighted by Crippen LogP contribution is 2.25. The smallest absolute Gasteiger partial charge is 0.218 e. The van der Waals surface area contributed by atoms with Crippen molar-refractivity contribution >= 4 is 10.4 Å². The molecule has 4 N–H and O–H groups in total. The van der Waals surface area contributed by atoms with Gasteiger partial charge < -0.3 is 10.7 Å². The van der Waals surface area contributed by atoms with E-state index in [-0.39, 0.29) is 6.15 Å². The largest absolute Gasteiger partial charge is 0.725 e. The molecule has 0 aromatic heterocycles. The molecule has 0 radical (unpaired) electrons. The molecule has 0 fully saturated rings. The summed E-state index contributed by atoms with van der Waals surface area (Å²) in [5.41, 5.74) is -0.485. The molecule has 0 saturated heterocycles. The molecule has 0 aliphatic heterocycles. The van der Waals surface area contributed by atoms with Gasteiger partial charge in [0.1, 0.15) is 5.60 Å². The van der Waals surface area contributed by atoms with Crippen molar-refractivity contribution in [3.8, 4) is 0 Å². The summed E-state index contributed by atoms with van der Waals surface area (Å²) < 4.78 is 35.8. The second-order valence-electron chi connectivity index (χ2n) is 3.37. The highest BCUT2D eigenvalue weighted by Gasteiger charge is 2.23. The predicted octanol–water partition coefficient (Wildman–Crippen LogP) is 1.77. The Hall–Kier alpha value is -0.950. The van der Waals surface area contributed by atoms with Crippen molar-refractivity contribution in [2.75, 3.05) is 0 Å². The molecule has 0 amide bonds. The lowest BCUT2D eigenvalue weighted by molar-refractivity contribution is 0.0963. The first kappa shape index (κ1) is 14.1. The first-order chi connectivity index (χ1) is 6.31. The van der Waals surface area contributed by atoms with Gasteiger partial charge >= 0.3 is 0 Å². The molecular weight excluding hydrogens is 218 g/mol. The minimum atomic E-state index is -4.68. The van der Waals surface area contributed by atoms with E-state index >= 15 is 0 Å². The second-order valence-corrected chi connectivity index (χ2v) is 4.35. The minimum Gasteiger partial charge on any atom is -0.725 e. The van der Waals surface area contributed by atoms with Gasteiger partial charge in [-0.05, 0) is 19.4 Å². The van der Waals surface area contributed by atoms with E-state index in [1.165, 1.54) is 13.8 Å². The van der Waals surface area contributed by atoms with Crippen LogP contribution in [0.15, 0.2) is 30.3 Å². The maximum Gasteiger partial charge on any atom is 0.218 e. The van der Waals surface area contributed by atoms with E-state index in [9.17, 15) is 13.0 Å². The zero-order valence-corrected chi connectivity index (χ0v) is 9.74. The van der Waals surface area contributed by atoms with E-state index in [2.05, 4.69) is 4.18 Å². The molecule has 1 rings (SSSR count). The normalized spacial score (nSPS) is 11.9. The maximum atomic E-state index is 10.4. The fourth-order valence-electron chi connectivity index (χ4n) is 1.14. The van der Waals surface area contributed by atoms with Crippen molar-refractivity contribution in [2.24, 2.45) is 0 Å². The lowest BCUT2D eigenvalue weighted by atomic mass is 9.99. The Morgan fingerprint density at radius 1 is 1.20 bits per heavy atom. The molecular formula is C9H15NO4S. The van der Waals surface area contributed by atoms with E-state index in [4.69, 9.17) is 0 Å². The van der Waals surface area contributed by atoms with Crippen LogP contribution in [0.25, 0.3) is 0 Å². The third kappa shape index (κ3) is 4.39. The summed E-state index contributed by atoms with van der Waals surface area (Å²) in [5.74, 6) is 0. The predicted molar refractivity (Wildman–Crippen MR) is 56.2 cm³/mol. The summed E-state index contributed by atoms with van der Waals surface area (Å²) in [6, 6.07) is 8.69. The SMILES string of the molecule is CC(C)(OS(=O)(=O)[O-])c1ccccc1.[NH4+]. The summed E-state index contributed by atoms with van der Waals surface area (Å²) in [4.78, 5) is 0. The summed E-state index contributed by atoms with van der Waals surface area (Å²) >= 11 is 0. The van der Waals surface area contributed by atoms with E-state index in [0.29, 0.717) is 5.56 Å². The number of hydrogen-bond acceptors (Lipinski definition) is 4. The summed E-state index contributed by atoms with van der Waals surface area (Å²) in [6.07, 6.45) is 0. The third-order valence-electron chi connectivity index (χ3n) is 1.78. The number of hydrogen-bond donors (Lipinski definition) is 1. The van der Waals surface area contributed by atoms with Crippen LogP contribution in [0.3, 0.4) is 0 Å². The molecule has 5 nitrogen and oxygen atoms in total. The topological polar surface area (TPSA) is 103 Å². The molecule has 0 bridgehead atoms. The van der Waals surface area contributed by atoms with Crippen molar-refractivity contribution in [3.05, 3.63) is 35.9 Å². The Morgan fingerprint density at radius 3 is 2.07 bits per heavy atom. The van der Waals surface area contributed by atoms with Crippen LogP contribution in [0.4, 0.5) is 0 Å². The summed E-state index contributed by atoms with van der Waals surface area (Å²) in [5, 5.41) is 0. The minimum absolute atomic E-state index is 0. The van der Waals surface area contributed by atoms with E-state index in [1.54, 1.807) is 30.3 Å². The van der Waals surface area contributed by atoms with E-state index in [1.807, 2.05) is 0 Å². The van der Waals surface area contributed by atoms with Crippen molar-refractivity contribution in [3.63, 3.8) is 0 Å². The number of benzene rings is 1. The molecule has 0 heterocycles. The molecule has 0 saturated carbocycles. The van der Waals surface area contributed by atoms with Gasteiger partial charge in [-0.15, -0.1) is 0 Å². The fourth-order valence-corrected chi connectivity index (χ4v) is 1.75. The summed E-state index contributed by atoms with van der Waals surface area (Å²) in [7, 11) is -4.68. The first-order valence-electron chi connectivity index (χ1n) is 4.03. The van der Waals surface area contributed by atoms with Crippen molar-refractivity contribution in [2.45, 2.75) is 19.4 Å². The Morgan fingerprint density at radius 2 is 1.67 bits per heavy atom. The van der Waals surface area contributed by atoms with Crippen LogP contribution in [-0.2, 0) is 20.2 Å². The van der Waals surface area contributed by atoms with Crippen LogP contribution in [0.5, 0.6) is 0 Å². The number of rotatable bonds is 3. The Kier molecular flexibility index (Phi) is 4.42. The van der Waals surface area contributed by atoms with Crippen LogP contribution in [0, 0.1) is 0 Å². The van der Waals surface area contributed by atoms with Crippen LogP contribution in [-0.4, -0.2) is 13.0 Å². The van der Waals surface area contributed by atoms with Crippen molar-refractivity contribution in [1.29, 1.82) is 0 Å². The van der Waals surface area contributed by atoms with Gasteiger partial charge in [0.15, 0.2) is 0 Å². The average molecular weight is 233 g/mol. The molecule has 0 aliphatic carbocycles. The van der Waals surface area contributed by atoms with Crippen LogP contribution >= 0.6 is 0 Å². The van der Waals surface area contributed by atoms with Crippen LogP contribution < -0.4 is 6.15 Å². The van der Waals surface area contributed by atoms with Crippen molar-refractivity contribution < 1.29 is 17.2 Å². The van der Waals surface area contributed by atoms with E-state index in [0.717, 1.165) is 0 Å². The maximum absolute atomic E-state index is 10.4. The molecule has 0 spiro atoms. The fraction of sp³-hybridized carbons (Fsp3) is 0.333. The highest BCUT2D eigenvalue weighted by molar-refractivity contribution is 7.80. The molecule has 6 heteroatoms. The Labute approximate surface area is 89.6 Å². The lowest BCUT2D eigenvalue weighted by Crippen LogP contribution is -2.25. The molecule has 15 heavy (non-hydrogen) atoms. The number of quaternary nitrogens is 1. The molecule has 0 aliphatic rings. The zero-order valence-electron chi connectivity index (χ0n) is 8.93. The average Bonchev–Trinajstić information content (AvgIpc) is 2.01. The first-order valence-corrected chi connectivity index (χ1v) is 5.36. The van der Waals surface area contributed by atoms with Gasteiger partial charge in [-0.25, -0.2) is 8.42 Å². The van der Waals surface area contributed by atoms with Gasteiger partial charge in [0.05, 0.1) is 0 Å². The zero-order chi connectivity index (χ0) is 10.8. The van der Waals surface area contributed by atoms with Gasteiger partial charge in [-0.3, -0.25) is 4.18 Å². The molecule has 1 aromatic carbocycles. The highest BCUT2D eigenvalue weighted by atomic mass is 32.3. The Bertz CT molecular complexity index is 399. The standard InChI is InChI=1S/C9H12O4S.H3N/c1-9(2,13-14(10,11)12)8-6-4-3-5-7-8;/h3-7H,1-2H3,(H,10,11,12);1H3. The summed E-state index contributed by atoms with van der Waals surface area (Å²) in [6.45, 7) is 3.05. The van der Waals surface area contributed by atoms with Gasteiger partial charge in [-0.2, -0.15) is 0 Å². The molecule has 0 atom stereocenters. The monoisotopic (exact) mass is 233 g/mol. The van der Waals surface area contributed by atoms with Gasteiger partial charge in [0, 0.05) is 0 Å². The third-order valence-corrected chi connectivity index (χ3v) is 2.40. The Balaban J connectivity index is 0.00000196. The second kappa shape index (κ2) is 4.71. The van der Waals surface area contributed by atoms with Crippen LogP contribution in [0.2, 0.25) is 0 Å². The van der Waals surface area contributed by atoms with Crippen LogP contribution in [0.1, 0.15) is 19.4 Å². The molecule has 86 valence electrons. The molecule has 0 unspecified atom stereocenters. The van der Waals surface area contributed by atoms with Gasteiger partial charge in [-0.1, -0.05) is 30.3 Å². The molecule has 1 aromatic rings. The van der Waals surface area contributed by atoms with Crippen molar-refractivity contribution in [1.82, 2.24) is 6.15 Å². The quantitative estimate of drug-likeness (QED) is 0.634. The van der Waals surface area contributed by atoms with Gasteiger partial charge in [0.2, 0.25) is 10.4 Å². The van der Waals surface area contributed by atoms with E-state index < -0.39 is 16.0 Å². The van der Waals surface area contributed by atoms with Gasteiger partial charge in [0.25, 0.3) is 0 Å².